The normalized spacial score (nSPS) is 20.0. The predicted octanol–water partition coefficient (Wildman–Crippen LogP) is 3.94. The molecule has 1 atom stereocenters. The number of halogens is 1. The summed E-state index contributed by atoms with van der Waals surface area (Å²) in [5, 5.41) is 4.11. The molecule has 1 unspecified atom stereocenters. The zero-order valence-corrected chi connectivity index (χ0v) is 15.0. The van der Waals surface area contributed by atoms with Crippen LogP contribution in [-0.4, -0.2) is 32.5 Å². The van der Waals surface area contributed by atoms with Crippen LogP contribution in [0.4, 0.5) is 4.39 Å². The molecular weight excluding hydrogens is 347 g/mol. The summed E-state index contributed by atoms with van der Waals surface area (Å²) < 4.78 is 18.9. The lowest BCUT2D eigenvalue weighted by Gasteiger charge is -2.34. The summed E-state index contributed by atoms with van der Waals surface area (Å²) in [5.41, 5.74) is 2.80. The molecule has 3 aromatic rings. The molecule has 1 aliphatic carbocycles. The van der Waals surface area contributed by atoms with Crippen LogP contribution in [0.1, 0.15) is 65.8 Å². The SMILES string of the molecule is O=C(c1noc2c1CCCC2)N1CCCCC1c1nc2ccc(F)cc2[nH]1. The summed E-state index contributed by atoms with van der Waals surface area (Å²) in [4.78, 5) is 23.0. The monoisotopic (exact) mass is 368 g/mol. The van der Waals surface area contributed by atoms with Gasteiger partial charge in [0.25, 0.3) is 5.91 Å². The van der Waals surface area contributed by atoms with Gasteiger partial charge in [-0.25, -0.2) is 9.37 Å². The minimum Gasteiger partial charge on any atom is -0.360 e. The number of carbonyl (C=O) groups excluding carboxylic acids is 1. The van der Waals surface area contributed by atoms with Gasteiger partial charge in [-0.05, 0) is 56.7 Å². The van der Waals surface area contributed by atoms with Crippen molar-refractivity contribution in [2.24, 2.45) is 0 Å². The lowest BCUT2D eigenvalue weighted by molar-refractivity contribution is 0.0589. The second-order valence-electron chi connectivity index (χ2n) is 7.43. The molecule has 0 saturated carbocycles. The van der Waals surface area contributed by atoms with Gasteiger partial charge in [0.05, 0.1) is 17.1 Å². The van der Waals surface area contributed by atoms with E-state index in [0.717, 1.165) is 56.3 Å². The average molecular weight is 368 g/mol. The van der Waals surface area contributed by atoms with Crippen molar-refractivity contribution in [2.75, 3.05) is 6.54 Å². The summed E-state index contributed by atoms with van der Waals surface area (Å²) >= 11 is 0. The molecule has 5 rings (SSSR count). The van der Waals surface area contributed by atoms with Crippen molar-refractivity contribution in [3.05, 3.63) is 46.9 Å². The Morgan fingerprint density at radius 1 is 1.22 bits per heavy atom. The smallest absolute Gasteiger partial charge is 0.276 e. The molecule has 6 nitrogen and oxygen atoms in total. The molecule has 1 amide bonds. The molecule has 27 heavy (non-hydrogen) atoms. The van der Waals surface area contributed by atoms with Crippen LogP contribution in [0, 0.1) is 5.82 Å². The lowest BCUT2D eigenvalue weighted by Crippen LogP contribution is -2.39. The van der Waals surface area contributed by atoms with Gasteiger partial charge in [-0.1, -0.05) is 5.16 Å². The molecule has 140 valence electrons. The number of amides is 1. The number of likely N-dealkylation sites (tertiary alicyclic amines) is 1. The first kappa shape index (κ1) is 16.5. The van der Waals surface area contributed by atoms with Crippen LogP contribution in [0.3, 0.4) is 0 Å². The van der Waals surface area contributed by atoms with E-state index in [9.17, 15) is 9.18 Å². The summed E-state index contributed by atoms with van der Waals surface area (Å²) in [6, 6.07) is 4.35. The third kappa shape index (κ3) is 2.81. The van der Waals surface area contributed by atoms with Gasteiger partial charge in [-0.3, -0.25) is 4.79 Å². The third-order valence-electron chi connectivity index (χ3n) is 5.69. The number of aromatic amines is 1. The highest BCUT2D eigenvalue weighted by Crippen LogP contribution is 2.33. The molecule has 0 radical (unpaired) electrons. The molecule has 1 saturated heterocycles. The topological polar surface area (TPSA) is 75.0 Å². The molecular formula is C20H21FN4O2. The number of imidazole rings is 1. The fraction of sp³-hybridized carbons (Fsp3) is 0.450. The van der Waals surface area contributed by atoms with Gasteiger partial charge in [0.2, 0.25) is 0 Å². The highest BCUT2D eigenvalue weighted by Gasteiger charge is 2.34. The molecule has 1 N–H and O–H groups in total. The Kier molecular flexibility index (Phi) is 3.95. The number of carbonyl (C=O) groups is 1. The van der Waals surface area contributed by atoms with Crippen LogP contribution in [0.5, 0.6) is 0 Å². The number of hydrogen-bond donors (Lipinski definition) is 1. The Bertz CT molecular complexity index is 1010. The van der Waals surface area contributed by atoms with E-state index in [1.165, 1.54) is 12.1 Å². The van der Waals surface area contributed by atoms with Crippen molar-refractivity contribution < 1.29 is 13.7 Å². The maximum Gasteiger partial charge on any atom is 0.276 e. The molecule has 1 fully saturated rings. The minimum absolute atomic E-state index is 0.0850. The Morgan fingerprint density at radius 2 is 2.11 bits per heavy atom. The van der Waals surface area contributed by atoms with E-state index in [0.29, 0.717) is 29.1 Å². The number of nitrogens with zero attached hydrogens (tertiary/aromatic N) is 3. The van der Waals surface area contributed by atoms with Crippen molar-refractivity contribution in [1.29, 1.82) is 0 Å². The van der Waals surface area contributed by atoms with Gasteiger partial charge in [0, 0.05) is 18.5 Å². The van der Waals surface area contributed by atoms with E-state index in [4.69, 9.17) is 4.52 Å². The van der Waals surface area contributed by atoms with Crippen LogP contribution in [0.25, 0.3) is 11.0 Å². The highest BCUT2D eigenvalue weighted by molar-refractivity contribution is 5.94. The zero-order chi connectivity index (χ0) is 18.4. The Morgan fingerprint density at radius 3 is 3.04 bits per heavy atom. The number of piperidine rings is 1. The third-order valence-corrected chi connectivity index (χ3v) is 5.69. The first-order valence-corrected chi connectivity index (χ1v) is 9.64. The second kappa shape index (κ2) is 6.48. The number of hydrogen-bond acceptors (Lipinski definition) is 4. The van der Waals surface area contributed by atoms with Gasteiger partial charge in [0.1, 0.15) is 17.4 Å². The van der Waals surface area contributed by atoms with Gasteiger partial charge in [0.15, 0.2) is 5.69 Å². The van der Waals surface area contributed by atoms with Gasteiger partial charge in [-0.15, -0.1) is 0 Å². The highest BCUT2D eigenvalue weighted by atomic mass is 19.1. The second-order valence-corrected chi connectivity index (χ2v) is 7.43. The molecule has 2 aromatic heterocycles. The molecule has 1 aromatic carbocycles. The van der Waals surface area contributed by atoms with Gasteiger partial charge in [-0.2, -0.15) is 0 Å². The fourth-order valence-corrected chi connectivity index (χ4v) is 4.31. The number of nitrogens with one attached hydrogen (secondary N) is 1. The number of aryl methyl sites for hydroxylation is 1. The maximum absolute atomic E-state index is 13.5. The summed E-state index contributed by atoms with van der Waals surface area (Å²) in [6.45, 7) is 0.663. The van der Waals surface area contributed by atoms with E-state index >= 15 is 0 Å². The van der Waals surface area contributed by atoms with Gasteiger partial charge >= 0.3 is 0 Å². The van der Waals surface area contributed by atoms with E-state index in [1.54, 1.807) is 6.07 Å². The number of fused-ring (bicyclic) bond motifs is 2. The van der Waals surface area contributed by atoms with Crippen LogP contribution in [-0.2, 0) is 12.8 Å². The van der Waals surface area contributed by atoms with Crippen LogP contribution in [0.2, 0.25) is 0 Å². The number of rotatable bonds is 2. The lowest BCUT2D eigenvalue weighted by atomic mass is 9.95. The zero-order valence-electron chi connectivity index (χ0n) is 15.0. The Balaban J connectivity index is 1.49. The molecule has 0 spiro atoms. The van der Waals surface area contributed by atoms with Crippen LogP contribution >= 0.6 is 0 Å². The van der Waals surface area contributed by atoms with E-state index in [-0.39, 0.29) is 17.8 Å². The summed E-state index contributed by atoms with van der Waals surface area (Å²) in [7, 11) is 0. The molecule has 1 aliphatic heterocycles. The molecule has 7 heteroatoms. The van der Waals surface area contributed by atoms with Crippen molar-refractivity contribution in [2.45, 2.75) is 51.0 Å². The predicted molar refractivity (Wildman–Crippen MR) is 96.8 cm³/mol. The number of aromatic nitrogens is 3. The number of benzene rings is 1. The number of H-pyrrole nitrogens is 1. The maximum atomic E-state index is 13.5. The summed E-state index contributed by atoms with van der Waals surface area (Å²) in [5.74, 6) is 1.18. The summed E-state index contributed by atoms with van der Waals surface area (Å²) in [6.07, 6.45) is 6.66. The van der Waals surface area contributed by atoms with E-state index in [2.05, 4.69) is 15.1 Å². The minimum atomic E-state index is -0.302. The largest absolute Gasteiger partial charge is 0.360 e. The van der Waals surface area contributed by atoms with E-state index in [1.807, 2.05) is 4.90 Å². The van der Waals surface area contributed by atoms with Crippen molar-refractivity contribution >= 4 is 16.9 Å². The molecule has 0 bridgehead atoms. The fourth-order valence-electron chi connectivity index (χ4n) is 4.31. The van der Waals surface area contributed by atoms with Crippen molar-refractivity contribution in [1.82, 2.24) is 20.0 Å². The Hall–Kier alpha value is -2.70. The van der Waals surface area contributed by atoms with Crippen molar-refractivity contribution in [3.8, 4) is 0 Å². The van der Waals surface area contributed by atoms with Crippen LogP contribution in [0.15, 0.2) is 22.7 Å². The average Bonchev–Trinajstić information content (AvgIpc) is 3.31. The molecule has 3 heterocycles. The van der Waals surface area contributed by atoms with Crippen molar-refractivity contribution in [3.63, 3.8) is 0 Å². The first-order valence-electron chi connectivity index (χ1n) is 9.64. The standard InChI is InChI=1S/C20H21FN4O2/c21-12-8-9-14-15(11-12)23-19(22-14)16-6-3-4-10-25(16)20(26)18-13-5-1-2-7-17(13)27-24-18/h8-9,11,16H,1-7,10H2,(H,22,23). The van der Waals surface area contributed by atoms with E-state index < -0.39 is 0 Å². The molecule has 2 aliphatic rings. The van der Waals surface area contributed by atoms with Gasteiger partial charge < -0.3 is 14.4 Å². The van der Waals surface area contributed by atoms with Crippen LogP contribution < -0.4 is 0 Å². The Labute approximate surface area is 155 Å². The quantitative estimate of drug-likeness (QED) is 0.743. The first-order chi connectivity index (χ1) is 13.2.